The average molecular weight is 187 g/mol. The largest absolute Gasteiger partial charge is 0.480 e. The Morgan fingerprint density at radius 2 is 2.23 bits per heavy atom. The normalized spacial score (nSPS) is 19.0. The van der Waals surface area contributed by atoms with Gasteiger partial charge in [0.15, 0.2) is 0 Å². The highest BCUT2D eigenvalue weighted by Gasteiger charge is 2.29. The lowest BCUT2D eigenvalue weighted by Gasteiger charge is -2.20. The van der Waals surface area contributed by atoms with E-state index in [0.717, 1.165) is 12.8 Å². The van der Waals surface area contributed by atoms with Crippen LogP contribution in [-0.4, -0.2) is 46.3 Å². The van der Waals surface area contributed by atoms with E-state index < -0.39 is 5.97 Å². The molecule has 76 valence electrons. The number of carboxylic acid groups (broad SMARTS) is 1. The molecular formula is C9H17NO3. The smallest absolute Gasteiger partial charge is 0.317 e. The Labute approximate surface area is 78.2 Å². The van der Waals surface area contributed by atoms with Crippen molar-refractivity contribution < 1.29 is 15.0 Å². The monoisotopic (exact) mass is 187 g/mol. The van der Waals surface area contributed by atoms with E-state index in [4.69, 9.17) is 10.2 Å². The Bertz CT molecular complexity index is 178. The minimum absolute atomic E-state index is 0.109. The third kappa shape index (κ3) is 4.24. The van der Waals surface area contributed by atoms with Crippen molar-refractivity contribution in [3.63, 3.8) is 0 Å². The summed E-state index contributed by atoms with van der Waals surface area (Å²) in [4.78, 5) is 12.4. The Kier molecular flexibility index (Phi) is 3.69. The van der Waals surface area contributed by atoms with Gasteiger partial charge < -0.3 is 10.2 Å². The standard InChI is InChI=1S/C9H17NO3/c1-7(11)4-5-10(6-9(12)13)8-2-3-8/h7-8,11H,2-6H2,1H3,(H,12,13). The maximum Gasteiger partial charge on any atom is 0.317 e. The number of hydrogen-bond acceptors (Lipinski definition) is 3. The number of carboxylic acids is 1. The van der Waals surface area contributed by atoms with Gasteiger partial charge in [0.2, 0.25) is 0 Å². The van der Waals surface area contributed by atoms with E-state index in [0.29, 0.717) is 19.0 Å². The molecule has 1 atom stereocenters. The van der Waals surface area contributed by atoms with E-state index in [9.17, 15) is 4.79 Å². The summed E-state index contributed by atoms with van der Waals surface area (Å²) in [7, 11) is 0. The van der Waals surface area contributed by atoms with Gasteiger partial charge in [0.25, 0.3) is 0 Å². The third-order valence-corrected chi connectivity index (χ3v) is 2.24. The first kappa shape index (κ1) is 10.5. The zero-order chi connectivity index (χ0) is 9.84. The maximum absolute atomic E-state index is 10.5. The molecule has 0 aliphatic heterocycles. The fraction of sp³-hybridized carbons (Fsp3) is 0.889. The number of aliphatic carboxylic acids is 1. The summed E-state index contributed by atoms with van der Waals surface area (Å²) in [5, 5.41) is 17.7. The molecule has 0 amide bonds. The molecule has 4 nitrogen and oxygen atoms in total. The van der Waals surface area contributed by atoms with Crippen LogP contribution in [0.25, 0.3) is 0 Å². The van der Waals surface area contributed by atoms with E-state index in [1.54, 1.807) is 6.92 Å². The average Bonchev–Trinajstić information content (AvgIpc) is 2.78. The fourth-order valence-corrected chi connectivity index (χ4v) is 1.36. The lowest BCUT2D eigenvalue weighted by molar-refractivity contribution is -0.138. The second-order valence-electron chi connectivity index (χ2n) is 3.73. The lowest BCUT2D eigenvalue weighted by atomic mass is 10.2. The molecule has 13 heavy (non-hydrogen) atoms. The van der Waals surface area contributed by atoms with Gasteiger partial charge in [-0.1, -0.05) is 0 Å². The summed E-state index contributed by atoms with van der Waals surface area (Å²) in [6.07, 6.45) is 2.53. The van der Waals surface area contributed by atoms with E-state index in [1.165, 1.54) is 0 Å². The molecule has 2 N–H and O–H groups in total. The van der Waals surface area contributed by atoms with Crippen LogP contribution in [0.2, 0.25) is 0 Å². The summed E-state index contributed by atoms with van der Waals surface area (Å²) in [6, 6.07) is 0.454. The van der Waals surface area contributed by atoms with Crippen molar-refractivity contribution in [2.75, 3.05) is 13.1 Å². The van der Waals surface area contributed by atoms with Gasteiger partial charge in [-0.05, 0) is 26.2 Å². The molecule has 1 unspecified atom stereocenters. The van der Waals surface area contributed by atoms with Gasteiger partial charge in [0.1, 0.15) is 0 Å². The first-order valence-electron chi connectivity index (χ1n) is 4.73. The predicted molar refractivity (Wildman–Crippen MR) is 48.5 cm³/mol. The van der Waals surface area contributed by atoms with Crippen LogP contribution in [0, 0.1) is 0 Å². The van der Waals surface area contributed by atoms with Crippen LogP contribution in [0.4, 0.5) is 0 Å². The van der Waals surface area contributed by atoms with Crippen LogP contribution in [-0.2, 0) is 4.79 Å². The fourth-order valence-electron chi connectivity index (χ4n) is 1.36. The molecule has 1 fully saturated rings. The molecule has 0 aromatic heterocycles. The molecule has 0 saturated heterocycles. The van der Waals surface area contributed by atoms with E-state index in [-0.39, 0.29) is 12.6 Å². The highest BCUT2D eigenvalue weighted by molar-refractivity contribution is 5.69. The summed E-state index contributed by atoms with van der Waals surface area (Å²) >= 11 is 0. The maximum atomic E-state index is 10.5. The molecule has 0 bridgehead atoms. The molecule has 0 heterocycles. The van der Waals surface area contributed by atoms with Gasteiger partial charge in [-0.15, -0.1) is 0 Å². The molecule has 0 aromatic rings. The second kappa shape index (κ2) is 4.58. The summed E-state index contributed by atoms with van der Waals surface area (Å²) in [6.45, 7) is 2.53. The van der Waals surface area contributed by atoms with Gasteiger partial charge >= 0.3 is 5.97 Å². The second-order valence-corrected chi connectivity index (χ2v) is 3.73. The lowest BCUT2D eigenvalue weighted by Crippen LogP contribution is -2.33. The molecule has 0 radical (unpaired) electrons. The summed E-state index contributed by atoms with van der Waals surface area (Å²) < 4.78 is 0. The zero-order valence-electron chi connectivity index (χ0n) is 7.94. The Balaban J connectivity index is 2.25. The van der Waals surface area contributed by atoms with Gasteiger partial charge in [0.05, 0.1) is 12.6 Å². The van der Waals surface area contributed by atoms with E-state index in [1.807, 2.05) is 4.90 Å². The van der Waals surface area contributed by atoms with Crippen molar-refractivity contribution in [2.45, 2.75) is 38.3 Å². The Morgan fingerprint density at radius 3 is 2.62 bits per heavy atom. The molecule has 0 spiro atoms. The number of carbonyl (C=O) groups is 1. The minimum Gasteiger partial charge on any atom is -0.480 e. The first-order valence-corrected chi connectivity index (χ1v) is 4.73. The number of nitrogens with zero attached hydrogens (tertiary/aromatic N) is 1. The predicted octanol–water partition coefficient (Wildman–Crippen LogP) is 0.306. The number of aliphatic hydroxyl groups excluding tert-OH is 1. The Hall–Kier alpha value is -0.610. The van der Waals surface area contributed by atoms with Gasteiger partial charge in [0, 0.05) is 12.6 Å². The van der Waals surface area contributed by atoms with Crippen LogP contribution in [0.5, 0.6) is 0 Å². The first-order chi connectivity index (χ1) is 6.09. The number of rotatable bonds is 6. The molecule has 1 aliphatic rings. The minimum atomic E-state index is -0.780. The van der Waals surface area contributed by atoms with Crippen molar-refractivity contribution in [2.24, 2.45) is 0 Å². The van der Waals surface area contributed by atoms with Gasteiger partial charge in [-0.3, -0.25) is 9.69 Å². The van der Waals surface area contributed by atoms with Crippen molar-refractivity contribution in [1.29, 1.82) is 0 Å². The summed E-state index contributed by atoms with van der Waals surface area (Å²) in [5.41, 5.74) is 0. The van der Waals surface area contributed by atoms with Gasteiger partial charge in [-0.25, -0.2) is 0 Å². The van der Waals surface area contributed by atoms with Crippen molar-refractivity contribution in [3.05, 3.63) is 0 Å². The van der Waals surface area contributed by atoms with Crippen molar-refractivity contribution >= 4 is 5.97 Å². The third-order valence-electron chi connectivity index (χ3n) is 2.24. The molecule has 1 aliphatic carbocycles. The van der Waals surface area contributed by atoms with Crippen LogP contribution >= 0.6 is 0 Å². The number of hydrogen-bond donors (Lipinski definition) is 2. The van der Waals surface area contributed by atoms with Crippen molar-refractivity contribution in [3.8, 4) is 0 Å². The SMILES string of the molecule is CC(O)CCN(CC(=O)O)C1CC1. The Morgan fingerprint density at radius 1 is 1.62 bits per heavy atom. The zero-order valence-corrected chi connectivity index (χ0v) is 7.94. The van der Waals surface area contributed by atoms with Crippen LogP contribution in [0.15, 0.2) is 0 Å². The van der Waals surface area contributed by atoms with Gasteiger partial charge in [-0.2, -0.15) is 0 Å². The van der Waals surface area contributed by atoms with E-state index >= 15 is 0 Å². The van der Waals surface area contributed by atoms with Crippen LogP contribution in [0.3, 0.4) is 0 Å². The van der Waals surface area contributed by atoms with Crippen LogP contribution in [0.1, 0.15) is 26.2 Å². The quantitative estimate of drug-likeness (QED) is 0.628. The molecular weight excluding hydrogens is 170 g/mol. The van der Waals surface area contributed by atoms with Crippen LogP contribution < -0.4 is 0 Å². The molecule has 0 aromatic carbocycles. The topological polar surface area (TPSA) is 60.8 Å². The molecule has 4 heteroatoms. The van der Waals surface area contributed by atoms with E-state index in [2.05, 4.69) is 0 Å². The number of aliphatic hydroxyl groups is 1. The highest BCUT2D eigenvalue weighted by Crippen LogP contribution is 2.26. The van der Waals surface area contributed by atoms with Crippen molar-refractivity contribution in [1.82, 2.24) is 4.90 Å². The highest BCUT2D eigenvalue weighted by atomic mass is 16.4. The summed E-state index contributed by atoms with van der Waals surface area (Å²) in [5.74, 6) is -0.780. The molecule has 1 rings (SSSR count). The molecule has 1 saturated carbocycles.